The summed E-state index contributed by atoms with van der Waals surface area (Å²) in [5, 5.41) is 6.46. The molecule has 5 nitrogen and oxygen atoms in total. The van der Waals surface area contributed by atoms with Crippen molar-refractivity contribution in [1.82, 2.24) is 15.1 Å². The van der Waals surface area contributed by atoms with Gasteiger partial charge >= 0.3 is 0 Å². The number of thioether (sulfide) groups is 1. The van der Waals surface area contributed by atoms with E-state index in [2.05, 4.69) is 10.4 Å². The fraction of sp³-hybridized carbons (Fsp3) is 0.267. The van der Waals surface area contributed by atoms with Gasteiger partial charge in [-0.1, -0.05) is 40.9 Å². The van der Waals surface area contributed by atoms with Crippen LogP contribution in [-0.4, -0.2) is 28.0 Å². The first-order valence-electron chi connectivity index (χ1n) is 6.84. The average Bonchev–Trinajstić information content (AvgIpc) is 2.54. The molecule has 0 saturated heterocycles. The van der Waals surface area contributed by atoms with E-state index in [4.69, 9.17) is 23.2 Å². The maximum Gasteiger partial charge on any atom is 0.287 e. The van der Waals surface area contributed by atoms with Crippen LogP contribution < -0.4 is 10.9 Å². The summed E-state index contributed by atoms with van der Waals surface area (Å²) in [6.45, 7) is 2.34. The van der Waals surface area contributed by atoms with E-state index < -0.39 is 5.56 Å². The van der Waals surface area contributed by atoms with Gasteiger partial charge in [0.1, 0.15) is 11.6 Å². The van der Waals surface area contributed by atoms with Crippen LogP contribution in [0.25, 0.3) is 0 Å². The van der Waals surface area contributed by atoms with Crippen LogP contribution in [0.4, 0.5) is 0 Å². The second-order valence-corrected chi connectivity index (χ2v) is 6.73. The van der Waals surface area contributed by atoms with Crippen LogP contribution in [0, 0.1) is 6.92 Å². The predicted molar refractivity (Wildman–Crippen MR) is 93.4 cm³/mol. The van der Waals surface area contributed by atoms with Gasteiger partial charge in [0.25, 0.3) is 5.56 Å². The highest BCUT2D eigenvalue weighted by Crippen LogP contribution is 2.17. The predicted octanol–water partition coefficient (Wildman–Crippen LogP) is 2.77. The lowest BCUT2D eigenvalue weighted by molar-refractivity contribution is -0.121. The monoisotopic (exact) mass is 371 g/mol. The minimum absolute atomic E-state index is 0.0721. The van der Waals surface area contributed by atoms with Crippen molar-refractivity contribution in [2.24, 2.45) is 0 Å². The number of nitrogens with one attached hydrogen (secondary N) is 1. The Morgan fingerprint density at radius 1 is 1.30 bits per heavy atom. The van der Waals surface area contributed by atoms with Gasteiger partial charge in [0.15, 0.2) is 0 Å². The Bertz CT molecular complexity index is 747. The Hall–Kier alpha value is -1.50. The number of amides is 1. The number of aryl methyl sites for hydroxylation is 1. The molecule has 0 atom stereocenters. The third-order valence-electron chi connectivity index (χ3n) is 2.95. The summed E-state index contributed by atoms with van der Waals surface area (Å²) in [6.07, 6.45) is 1.24. The van der Waals surface area contributed by atoms with Gasteiger partial charge in [-0.15, -0.1) is 11.8 Å². The molecule has 1 aromatic carbocycles. The number of halogens is 2. The molecule has 8 heteroatoms. The van der Waals surface area contributed by atoms with Gasteiger partial charge in [-0.3, -0.25) is 9.59 Å². The van der Waals surface area contributed by atoms with Crippen molar-refractivity contribution in [3.05, 3.63) is 56.4 Å². The Morgan fingerprint density at radius 2 is 2.00 bits per heavy atom. The normalized spacial score (nSPS) is 10.6. The zero-order valence-electron chi connectivity index (χ0n) is 12.4. The first-order chi connectivity index (χ1) is 11.0. The van der Waals surface area contributed by atoms with Crippen LogP contribution in [0.5, 0.6) is 0 Å². The number of carbonyl (C=O) groups excluding carboxylic acids is 1. The van der Waals surface area contributed by atoms with Gasteiger partial charge in [0.2, 0.25) is 5.91 Å². The molecule has 122 valence electrons. The summed E-state index contributed by atoms with van der Waals surface area (Å²) >= 11 is 13.1. The molecule has 0 aliphatic heterocycles. The first-order valence-corrected chi connectivity index (χ1v) is 8.59. The Morgan fingerprint density at radius 3 is 2.70 bits per heavy atom. The highest BCUT2D eigenvalue weighted by molar-refractivity contribution is 7.99. The van der Waals surface area contributed by atoms with Gasteiger partial charge in [0.05, 0.1) is 11.2 Å². The number of aromatic nitrogens is 2. The van der Waals surface area contributed by atoms with Gasteiger partial charge in [0, 0.05) is 17.2 Å². The van der Waals surface area contributed by atoms with E-state index in [1.54, 1.807) is 11.8 Å². The lowest BCUT2D eigenvalue weighted by Crippen LogP contribution is -2.34. The zero-order chi connectivity index (χ0) is 16.8. The minimum atomic E-state index is -0.580. The Balaban J connectivity index is 1.78. The van der Waals surface area contributed by atoms with Crippen molar-refractivity contribution in [3.8, 4) is 0 Å². The van der Waals surface area contributed by atoms with Crippen LogP contribution in [0.3, 0.4) is 0 Å². The quantitative estimate of drug-likeness (QED) is 0.626. The van der Waals surface area contributed by atoms with Crippen LogP contribution in [0.1, 0.15) is 5.56 Å². The van der Waals surface area contributed by atoms with E-state index >= 15 is 0 Å². The molecule has 23 heavy (non-hydrogen) atoms. The summed E-state index contributed by atoms with van der Waals surface area (Å²) in [4.78, 5) is 24.7. The number of hydrogen-bond donors (Lipinski definition) is 1. The third-order valence-corrected chi connectivity index (χ3v) is 4.71. The largest absolute Gasteiger partial charge is 0.354 e. The molecule has 1 heterocycles. The molecule has 0 saturated carbocycles. The molecule has 2 rings (SSSR count). The number of rotatable bonds is 6. The molecule has 0 aliphatic rings. The molecule has 1 N–H and O–H groups in total. The van der Waals surface area contributed by atoms with Crippen LogP contribution in [-0.2, 0) is 11.3 Å². The molecule has 1 aromatic heterocycles. The van der Waals surface area contributed by atoms with Crippen molar-refractivity contribution in [3.63, 3.8) is 0 Å². The topological polar surface area (TPSA) is 64.0 Å². The molecule has 0 aliphatic carbocycles. The van der Waals surface area contributed by atoms with Crippen molar-refractivity contribution in [2.45, 2.75) is 18.4 Å². The maximum atomic E-state index is 11.8. The number of nitrogens with zero attached hydrogens (tertiary/aromatic N) is 2. The summed E-state index contributed by atoms with van der Waals surface area (Å²) in [7, 11) is 0. The van der Waals surface area contributed by atoms with E-state index in [-0.39, 0.29) is 22.5 Å². The molecule has 0 spiro atoms. The van der Waals surface area contributed by atoms with Gasteiger partial charge in [-0.25, -0.2) is 4.68 Å². The third kappa shape index (κ3) is 5.27. The van der Waals surface area contributed by atoms with Crippen molar-refractivity contribution >= 4 is 40.9 Å². The van der Waals surface area contributed by atoms with Crippen LogP contribution in [0.2, 0.25) is 10.0 Å². The molecule has 0 unspecified atom stereocenters. The summed E-state index contributed by atoms with van der Waals surface area (Å²) in [5.74, 6) is 0.431. The summed E-state index contributed by atoms with van der Waals surface area (Å²) in [5.41, 5.74) is 0.630. The number of hydrogen-bond acceptors (Lipinski definition) is 4. The SMILES string of the molecule is Cc1ccc(SCCNC(=O)Cn2ncc(Cl)c(Cl)c2=O)cc1. The van der Waals surface area contributed by atoms with E-state index in [0.29, 0.717) is 6.54 Å². The Labute approximate surface area is 148 Å². The standard InChI is InChI=1S/C15H15Cl2N3O2S/c1-10-2-4-11(5-3-10)23-7-6-18-13(21)9-20-15(22)14(17)12(16)8-19-20/h2-5,8H,6-7,9H2,1H3,(H,18,21). The average molecular weight is 372 g/mol. The van der Waals surface area contributed by atoms with E-state index in [9.17, 15) is 9.59 Å². The highest BCUT2D eigenvalue weighted by atomic mass is 35.5. The lowest BCUT2D eigenvalue weighted by atomic mass is 10.2. The van der Waals surface area contributed by atoms with E-state index in [0.717, 1.165) is 15.3 Å². The van der Waals surface area contributed by atoms with Gasteiger partial charge in [-0.05, 0) is 19.1 Å². The fourth-order valence-electron chi connectivity index (χ4n) is 1.74. The molecule has 0 radical (unpaired) electrons. The van der Waals surface area contributed by atoms with Crippen molar-refractivity contribution < 1.29 is 4.79 Å². The van der Waals surface area contributed by atoms with E-state index in [1.165, 1.54) is 11.8 Å². The molecular weight excluding hydrogens is 357 g/mol. The van der Waals surface area contributed by atoms with Gasteiger partial charge < -0.3 is 5.32 Å². The maximum absolute atomic E-state index is 11.8. The molecule has 0 bridgehead atoms. The second-order valence-electron chi connectivity index (χ2n) is 4.78. The zero-order valence-corrected chi connectivity index (χ0v) is 14.7. The van der Waals surface area contributed by atoms with E-state index in [1.807, 2.05) is 31.2 Å². The lowest BCUT2D eigenvalue weighted by Gasteiger charge is -2.07. The van der Waals surface area contributed by atoms with Crippen molar-refractivity contribution in [1.29, 1.82) is 0 Å². The molecule has 2 aromatic rings. The number of carbonyl (C=O) groups is 1. The highest BCUT2D eigenvalue weighted by Gasteiger charge is 2.10. The van der Waals surface area contributed by atoms with Gasteiger partial charge in [-0.2, -0.15) is 5.10 Å². The van der Waals surface area contributed by atoms with Crippen molar-refractivity contribution in [2.75, 3.05) is 12.3 Å². The summed E-state index contributed by atoms with van der Waals surface area (Å²) < 4.78 is 0.983. The minimum Gasteiger partial charge on any atom is -0.354 e. The number of benzene rings is 1. The second kappa shape index (κ2) is 8.38. The fourth-order valence-corrected chi connectivity index (χ4v) is 2.78. The summed E-state index contributed by atoms with van der Waals surface area (Å²) in [6, 6.07) is 8.18. The van der Waals surface area contributed by atoms with Crippen LogP contribution >= 0.6 is 35.0 Å². The molecular formula is C15H15Cl2N3O2S. The van der Waals surface area contributed by atoms with Crippen LogP contribution in [0.15, 0.2) is 40.2 Å². The Kier molecular flexibility index (Phi) is 6.50. The molecule has 1 amide bonds. The first kappa shape index (κ1) is 17.8. The molecule has 0 fully saturated rings. The smallest absolute Gasteiger partial charge is 0.287 e.